The summed E-state index contributed by atoms with van der Waals surface area (Å²) in [5.41, 5.74) is 3.04. The molecule has 0 heterocycles. The summed E-state index contributed by atoms with van der Waals surface area (Å²) < 4.78 is 25.2. The predicted octanol–water partition coefficient (Wildman–Crippen LogP) is 1.40. The molecular weight excluding hydrogens is 250 g/mol. The van der Waals surface area contributed by atoms with Gasteiger partial charge in [-0.1, -0.05) is 24.3 Å². The molecule has 90 valence electrons. The van der Waals surface area contributed by atoms with Crippen LogP contribution in [0.5, 0.6) is 0 Å². The van der Waals surface area contributed by atoms with Crippen molar-refractivity contribution in [1.29, 1.82) is 0 Å². The molecule has 4 nitrogen and oxygen atoms in total. The fraction of sp³-hybridized carbons (Fsp3) is 0.400. The Bertz CT molecular complexity index is 414. The summed E-state index contributed by atoms with van der Waals surface area (Å²) in [6, 6.07) is 9.38. The maximum Gasteiger partial charge on any atom is 0.353 e. The second-order valence-corrected chi connectivity index (χ2v) is 5.57. The number of likely N-dealkylation sites (N-methyl/N-ethyl adjacent to an activating group) is 1. The Labute approximate surface area is 99.9 Å². The van der Waals surface area contributed by atoms with Crippen molar-refractivity contribution in [3.8, 4) is 0 Å². The Morgan fingerprint density at radius 3 is 2.00 bits per heavy atom. The highest BCUT2D eigenvalue weighted by molar-refractivity contribution is 8.09. The zero-order valence-electron chi connectivity index (χ0n) is 8.85. The molecule has 0 aromatic heterocycles. The molecule has 0 radical (unpaired) electrons. The van der Waals surface area contributed by atoms with E-state index in [1.54, 1.807) is 0 Å². The second kappa shape index (κ2) is 5.63. The van der Waals surface area contributed by atoms with E-state index in [9.17, 15) is 0 Å². The summed E-state index contributed by atoms with van der Waals surface area (Å²) in [7, 11) is 1.90. The van der Waals surface area contributed by atoms with E-state index in [2.05, 4.69) is 40.3 Å². The molecule has 2 rings (SSSR count). The molecule has 1 aromatic rings. The third-order valence-corrected chi connectivity index (χ3v) is 2.46. The summed E-state index contributed by atoms with van der Waals surface area (Å²) in [4.78, 5) is 0. The first-order chi connectivity index (χ1) is 7.40. The third kappa shape index (κ3) is 4.94. The summed E-state index contributed by atoms with van der Waals surface area (Å²) in [6.07, 6.45) is 2.40. The van der Waals surface area contributed by atoms with Crippen molar-refractivity contribution in [2.45, 2.75) is 18.9 Å². The molecule has 1 aliphatic rings. The zero-order chi connectivity index (χ0) is 12.2. The first-order valence-electron chi connectivity index (χ1n) is 4.81. The fourth-order valence-electron chi connectivity index (χ4n) is 1.76. The highest BCUT2D eigenvalue weighted by Crippen LogP contribution is 2.20. The Hall–Kier alpha value is -0.620. The standard InChI is InChI=1S/C10H13N.ClHO3S/c1-11-10-6-8-4-2-3-5-9(8)7-10;1-5(2,3)4/h2-5,10-11H,6-7H2,1H3;(H,2,3,4). The van der Waals surface area contributed by atoms with Gasteiger partial charge >= 0.3 is 9.33 Å². The Morgan fingerprint density at radius 2 is 1.69 bits per heavy atom. The van der Waals surface area contributed by atoms with Gasteiger partial charge in [0.05, 0.1) is 0 Å². The topological polar surface area (TPSA) is 66.4 Å². The predicted molar refractivity (Wildman–Crippen MR) is 64.1 cm³/mol. The monoisotopic (exact) mass is 263 g/mol. The average molecular weight is 264 g/mol. The molecule has 2 N–H and O–H groups in total. The van der Waals surface area contributed by atoms with Crippen LogP contribution in [0.15, 0.2) is 24.3 Å². The van der Waals surface area contributed by atoms with Gasteiger partial charge in [0.1, 0.15) is 0 Å². The van der Waals surface area contributed by atoms with Crippen LogP contribution in [0.3, 0.4) is 0 Å². The van der Waals surface area contributed by atoms with Crippen LogP contribution in [-0.2, 0) is 22.2 Å². The number of halogens is 1. The van der Waals surface area contributed by atoms with Gasteiger partial charge in [0.25, 0.3) is 0 Å². The van der Waals surface area contributed by atoms with Crippen molar-refractivity contribution >= 4 is 20.0 Å². The minimum Gasteiger partial charge on any atom is -0.316 e. The van der Waals surface area contributed by atoms with Crippen molar-refractivity contribution in [2.24, 2.45) is 0 Å². The zero-order valence-corrected chi connectivity index (χ0v) is 10.4. The van der Waals surface area contributed by atoms with E-state index >= 15 is 0 Å². The van der Waals surface area contributed by atoms with Crippen LogP contribution in [-0.4, -0.2) is 26.1 Å². The molecule has 0 atom stereocenters. The van der Waals surface area contributed by atoms with Gasteiger partial charge in [0, 0.05) is 16.7 Å². The number of hydrogen-bond donors (Lipinski definition) is 2. The summed E-state index contributed by atoms with van der Waals surface area (Å²) in [5, 5.41) is 3.31. The lowest BCUT2D eigenvalue weighted by atomic mass is 10.1. The quantitative estimate of drug-likeness (QED) is 0.594. The van der Waals surface area contributed by atoms with Crippen LogP contribution in [0, 0.1) is 0 Å². The van der Waals surface area contributed by atoms with Crippen LogP contribution in [0.4, 0.5) is 0 Å². The average Bonchev–Trinajstić information content (AvgIpc) is 2.57. The first-order valence-corrected chi connectivity index (χ1v) is 7.08. The SMILES string of the molecule is CNC1Cc2ccccc2C1.O=S(=O)(O)Cl. The minimum atomic E-state index is -4.19. The molecule has 6 heteroatoms. The number of rotatable bonds is 1. The Kier molecular flexibility index (Phi) is 4.73. The Balaban J connectivity index is 0.000000221. The maximum atomic E-state index is 8.95. The highest BCUT2D eigenvalue weighted by Gasteiger charge is 2.18. The van der Waals surface area contributed by atoms with E-state index in [4.69, 9.17) is 13.0 Å². The molecule has 0 fully saturated rings. The van der Waals surface area contributed by atoms with Crippen LogP contribution in [0.25, 0.3) is 0 Å². The second-order valence-electron chi connectivity index (χ2n) is 3.57. The maximum absolute atomic E-state index is 8.95. The molecule has 0 amide bonds. The molecule has 1 aliphatic carbocycles. The fourth-order valence-corrected chi connectivity index (χ4v) is 1.76. The molecule has 0 saturated heterocycles. The van der Waals surface area contributed by atoms with Crippen molar-refractivity contribution in [3.63, 3.8) is 0 Å². The van der Waals surface area contributed by atoms with E-state index in [0.717, 1.165) is 0 Å². The lowest BCUT2D eigenvalue weighted by Crippen LogP contribution is -2.24. The molecule has 0 saturated carbocycles. The van der Waals surface area contributed by atoms with Gasteiger partial charge in [0.15, 0.2) is 0 Å². The summed E-state index contributed by atoms with van der Waals surface area (Å²) in [5.74, 6) is 0. The van der Waals surface area contributed by atoms with Gasteiger partial charge < -0.3 is 5.32 Å². The van der Waals surface area contributed by atoms with Gasteiger partial charge in [0.2, 0.25) is 0 Å². The number of benzene rings is 1. The van der Waals surface area contributed by atoms with Gasteiger partial charge in [-0.05, 0) is 31.0 Å². The molecular formula is C10H14ClNO3S. The lowest BCUT2D eigenvalue weighted by Gasteiger charge is -2.04. The van der Waals surface area contributed by atoms with Crippen LogP contribution >= 0.6 is 10.7 Å². The van der Waals surface area contributed by atoms with Crippen molar-refractivity contribution < 1.29 is 13.0 Å². The van der Waals surface area contributed by atoms with E-state index in [0.29, 0.717) is 6.04 Å². The number of fused-ring (bicyclic) bond motifs is 1. The molecule has 1 aromatic carbocycles. The third-order valence-electron chi connectivity index (χ3n) is 2.46. The lowest BCUT2D eigenvalue weighted by molar-refractivity contribution is 0.501. The number of hydrogen-bond acceptors (Lipinski definition) is 3. The Morgan fingerprint density at radius 1 is 1.31 bits per heavy atom. The van der Waals surface area contributed by atoms with Crippen molar-refractivity contribution in [1.82, 2.24) is 5.32 Å². The normalized spacial score (nSPS) is 15.2. The van der Waals surface area contributed by atoms with Gasteiger partial charge in [-0.2, -0.15) is 8.42 Å². The first kappa shape index (κ1) is 13.4. The van der Waals surface area contributed by atoms with E-state index in [-0.39, 0.29) is 0 Å². The summed E-state index contributed by atoms with van der Waals surface area (Å²) >= 11 is 0. The molecule has 16 heavy (non-hydrogen) atoms. The van der Waals surface area contributed by atoms with Crippen LogP contribution < -0.4 is 5.32 Å². The summed E-state index contributed by atoms with van der Waals surface area (Å²) in [6.45, 7) is 0. The van der Waals surface area contributed by atoms with Gasteiger partial charge in [-0.25, -0.2) is 0 Å². The minimum absolute atomic E-state index is 0.674. The van der Waals surface area contributed by atoms with Crippen LogP contribution in [0.2, 0.25) is 0 Å². The van der Waals surface area contributed by atoms with Gasteiger partial charge in [-0.15, -0.1) is 0 Å². The number of nitrogens with one attached hydrogen (secondary N) is 1. The van der Waals surface area contributed by atoms with Gasteiger partial charge in [-0.3, -0.25) is 4.55 Å². The molecule has 0 spiro atoms. The van der Waals surface area contributed by atoms with Crippen molar-refractivity contribution in [3.05, 3.63) is 35.4 Å². The molecule has 0 unspecified atom stereocenters. The van der Waals surface area contributed by atoms with Crippen LogP contribution in [0.1, 0.15) is 11.1 Å². The van der Waals surface area contributed by atoms with Crippen molar-refractivity contribution in [2.75, 3.05) is 7.05 Å². The molecule has 0 aliphatic heterocycles. The molecule has 0 bridgehead atoms. The largest absolute Gasteiger partial charge is 0.353 e. The van der Waals surface area contributed by atoms with E-state index < -0.39 is 9.33 Å². The van der Waals surface area contributed by atoms with E-state index in [1.165, 1.54) is 24.0 Å². The van der Waals surface area contributed by atoms with E-state index in [1.807, 2.05) is 7.05 Å². The highest BCUT2D eigenvalue weighted by atomic mass is 35.7. The smallest absolute Gasteiger partial charge is 0.316 e.